The van der Waals surface area contributed by atoms with Gasteiger partial charge in [0.1, 0.15) is 0 Å². The quantitative estimate of drug-likeness (QED) is 0.683. The van der Waals surface area contributed by atoms with Crippen molar-refractivity contribution in [3.05, 3.63) is 90.5 Å². The predicted molar refractivity (Wildman–Crippen MR) is 102 cm³/mol. The number of sulfonamides is 1. The molecule has 0 bridgehead atoms. The van der Waals surface area contributed by atoms with E-state index in [0.29, 0.717) is 11.4 Å². The smallest absolute Gasteiger partial charge is 0.268 e. The van der Waals surface area contributed by atoms with E-state index in [1.165, 1.54) is 28.6 Å². The molecule has 0 radical (unpaired) electrons. The number of carbonyl (C=O) groups excluding carboxylic acids is 1. The lowest BCUT2D eigenvalue weighted by Crippen LogP contribution is -2.26. The van der Waals surface area contributed by atoms with Crippen LogP contribution in [0.3, 0.4) is 0 Å². The molecule has 0 N–H and O–H groups in total. The maximum atomic E-state index is 13.3. The van der Waals surface area contributed by atoms with Crippen LogP contribution in [0.25, 0.3) is 0 Å². The Morgan fingerprint density at radius 1 is 0.760 bits per heavy atom. The van der Waals surface area contributed by atoms with Crippen LogP contribution in [0.4, 0.5) is 11.4 Å². The molecule has 0 heterocycles. The number of carbonyl (C=O) groups is 1. The second-order valence-electron chi connectivity index (χ2n) is 5.27. The molecule has 0 aliphatic heterocycles. The number of nitrogens with zero attached hydrogens (tertiary/aromatic N) is 1. The van der Waals surface area contributed by atoms with E-state index in [1.54, 1.807) is 48.5 Å². The first-order valence-electron chi connectivity index (χ1n) is 7.49. The minimum Gasteiger partial charge on any atom is -0.282 e. The predicted octanol–water partition coefficient (Wildman–Crippen LogP) is 4.28. The highest BCUT2D eigenvalue weighted by Gasteiger charge is 2.27. The van der Waals surface area contributed by atoms with Gasteiger partial charge >= 0.3 is 0 Å². The third kappa shape index (κ3) is 3.60. The molecule has 3 aromatic carbocycles. The van der Waals surface area contributed by atoms with E-state index < -0.39 is 15.1 Å². The summed E-state index contributed by atoms with van der Waals surface area (Å²) in [4.78, 5) is 11.5. The minimum atomic E-state index is -3.92. The van der Waals surface area contributed by atoms with Crippen molar-refractivity contribution in [1.82, 2.24) is 0 Å². The van der Waals surface area contributed by atoms with Gasteiger partial charge in [0.05, 0.1) is 16.3 Å². The van der Waals surface area contributed by atoms with E-state index in [2.05, 4.69) is 12.6 Å². The molecule has 0 aliphatic rings. The van der Waals surface area contributed by atoms with Crippen molar-refractivity contribution in [1.29, 1.82) is 0 Å². The summed E-state index contributed by atoms with van der Waals surface area (Å²) in [7, 11) is -3.92. The van der Waals surface area contributed by atoms with Gasteiger partial charge in [-0.2, -0.15) is 0 Å². The van der Waals surface area contributed by atoms with Crippen molar-refractivity contribution in [3.8, 4) is 0 Å². The van der Waals surface area contributed by atoms with Crippen molar-refractivity contribution in [2.45, 2.75) is 4.90 Å². The van der Waals surface area contributed by atoms with E-state index in [-0.39, 0.29) is 10.5 Å². The first kappa shape index (κ1) is 17.3. The summed E-state index contributed by atoms with van der Waals surface area (Å²) >= 11 is 3.77. The lowest BCUT2D eigenvalue weighted by Gasteiger charge is -2.24. The Morgan fingerprint density at radius 3 is 1.76 bits per heavy atom. The monoisotopic (exact) mass is 369 g/mol. The van der Waals surface area contributed by atoms with E-state index in [1.807, 2.05) is 12.1 Å². The Kier molecular flexibility index (Phi) is 4.92. The summed E-state index contributed by atoms with van der Waals surface area (Å²) in [6.07, 6.45) is 0. The first-order valence-corrected chi connectivity index (χ1v) is 9.37. The number of hydrogen-bond acceptors (Lipinski definition) is 3. The zero-order valence-electron chi connectivity index (χ0n) is 13.1. The normalized spacial score (nSPS) is 11.1. The first-order chi connectivity index (χ1) is 12.0. The molecule has 0 spiro atoms. The largest absolute Gasteiger partial charge is 0.282 e. The standard InChI is InChI=1S/C19H15NO3S2/c21-19(24)15-8-7-13-18(14-15)25(22,23)20(16-9-3-1-4-10-16)17-11-5-2-6-12-17/h1-14H,(H,21,24). The fourth-order valence-electron chi connectivity index (χ4n) is 2.45. The number of anilines is 2. The number of para-hydroxylation sites is 2. The molecular weight excluding hydrogens is 354 g/mol. The highest BCUT2D eigenvalue weighted by Crippen LogP contribution is 2.32. The summed E-state index contributed by atoms with van der Waals surface area (Å²) in [6, 6.07) is 23.5. The van der Waals surface area contributed by atoms with E-state index in [0.717, 1.165) is 0 Å². The zero-order chi connectivity index (χ0) is 17.9. The van der Waals surface area contributed by atoms with Crippen molar-refractivity contribution >= 4 is 39.1 Å². The molecule has 0 aromatic heterocycles. The van der Waals surface area contributed by atoms with E-state index in [9.17, 15) is 13.2 Å². The molecule has 0 saturated carbocycles. The highest BCUT2D eigenvalue weighted by molar-refractivity contribution is 7.97. The second kappa shape index (κ2) is 7.13. The second-order valence-corrected chi connectivity index (χ2v) is 7.47. The zero-order valence-corrected chi connectivity index (χ0v) is 14.8. The van der Waals surface area contributed by atoms with Gasteiger partial charge in [-0.05, 0) is 36.4 Å². The van der Waals surface area contributed by atoms with Crippen LogP contribution in [0.1, 0.15) is 10.4 Å². The molecular formula is C19H15NO3S2. The molecule has 0 amide bonds. The Morgan fingerprint density at radius 2 is 1.28 bits per heavy atom. The molecule has 126 valence electrons. The van der Waals surface area contributed by atoms with Crippen molar-refractivity contribution in [3.63, 3.8) is 0 Å². The van der Waals surface area contributed by atoms with Crippen LogP contribution < -0.4 is 4.31 Å². The molecule has 0 fully saturated rings. The maximum absolute atomic E-state index is 13.3. The van der Waals surface area contributed by atoms with Gasteiger partial charge in [0, 0.05) is 5.56 Å². The average molecular weight is 369 g/mol. The average Bonchev–Trinajstić information content (AvgIpc) is 2.63. The van der Waals surface area contributed by atoms with Gasteiger partial charge in [0.2, 0.25) is 5.12 Å². The third-order valence-electron chi connectivity index (χ3n) is 3.60. The third-order valence-corrected chi connectivity index (χ3v) is 5.61. The number of benzene rings is 3. The Hall–Kier alpha value is -2.57. The highest BCUT2D eigenvalue weighted by atomic mass is 32.2. The lowest BCUT2D eigenvalue weighted by molar-refractivity contribution is 0.109. The van der Waals surface area contributed by atoms with Crippen LogP contribution in [-0.2, 0) is 10.0 Å². The van der Waals surface area contributed by atoms with Gasteiger partial charge in [-0.1, -0.05) is 48.5 Å². The molecule has 0 aliphatic carbocycles. The van der Waals surface area contributed by atoms with Crippen LogP contribution in [0.5, 0.6) is 0 Å². The summed E-state index contributed by atoms with van der Waals surface area (Å²) in [5.74, 6) is 0. The molecule has 3 aromatic rings. The van der Waals surface area contributed by atoms with Gasteiger partial charge in [-0.3, -0.25) is 4.79 Å². The number of thiol groups is 1. The van der Waals surface area contributed by atoms with Gasteiger partial charge in [0.15, 0.2) is 0 Å². The molecule has 4 nitrogen and oxygen atoms in total. The van der Waals surface area contributed by atoms with Gasteiger partial charge < -0.3 is 0 Å². The van der Waals surface area contributed by atoms with Crippen LogP contribution in [0.15, 0.2) is 89.8 Å². The van der Waals surface area contributed by atoms with Gasteiger partial charge in [-0.15, -0.1) is 12.6 Å². The molecule has 0 unspecified atom stereocenters. The Bertz CT molecular complexity index is 948. The molecule has 3 rings (SSSR count). The van der Waals surface area contributed by atoms with Crippen LogP contribution in [0.2, 0.25) is 0 Å². The van der Waals surface area contributed by atoms with Crippen LogP contribution in [-0.4, -0.2) is 13.5 Å². The molecule has 6 heteroatoms. The Labute approximate surface area is 152 Å². The number of hydrogen-bond donors (Lipinski definition) is 1. The lowest BCUT2D eigenvalue weighted by atomic mass is 10.2. The summed E-state index contributed by atoms with van der Waals surface area (Å²) in [5, 5.41) is -0.483. The van der Waals surface area contributed by atoms with Crippen molar-refractivity contribution < 1.29 is 13.2 Å². The molecule has 25 heavy (non-hydrogen) atoms. The van der Waals surface area contributed by atoms with E-state index in [4.69, 9.17) is 0 Å². The van der Waals surface area contributed by atoms with Gasteiger partial charge in [0.25, 0.3) is 10.0 Å². The van der Waals surface area contributed by atoms with Crippen molar-refractivity contribution in [2.24, 2.45) is 0 Å². The number of rotatable bonds is 5. The Balaban J connectivity index is 2.19. The summed E-state index contributed by atoms with van der Waals surface area (Å²) < 4.78 is 27.9. The van der Waals surface area contributed by atoms with Crippen LogP contribution >= 0.6 is 12.6 Å². The fourth-order valence-corrected chi connectivity index (χ4v) is 4.12. The topological polar surface area (TPSA) is 54.5 Å². The van der Waals surface area contributed by atoms with Crippen LogP contribution in [0, 0.1) is 0 Å². The molecule has 0 atom stereocenters. The fraction of sp³-hybridized carbons (Fsp3) is 0. The SMILES string of the molecule is O=C(S)c1cccc(S(=O)(=O)N(c2ccccc2)c2ccccc2)c1. The summed E-state index contributed by atoms with van der Waals surface area (Å²) in [5.41, 5.74) is 1.25. The maximum Gasteiger partial charge on any atom is 0.268 e. The van der Waals surface area contributed by atoms with Crippen molar-refractivity contribution in [2.75, 3.05) is 4.31 Å². The summed E-state index contributed by atoms with van der Waals surface area (Å²) in [6.45, 7) is 0. The van der Waals surface area contributed by atoms with E-state index >= 15 is 0 Å². The van der Waals surface area contributed by atoms with Gasteiger partial charge in [-0.25, -0.2) is 12.7 Å². The minimum absolute atomic E-state index is 0.0279. The molecule has 0 saturated heterocycles.